The molecule has 0 bridgehead atoms. The quantitative estimate of drug-likeness (QED) is 0.403. The molecule has 0 spiro atoms. The Morgan fingerprint density at radius 2 is 1.88 bits per heavy atom. The molecule has 1 heterocycles. The van der Waals surface area contributed by atoms with Gasteiger partial charge in [0, 0.05) is 6.54 Å². The van der Waals surface area contributed by atoms with Crippen LogP contribution < -0.4 is 25.8 Å². The average molecular weight is 382 g/mol. The number of quaternary nitrogens is 1. The van der Waals surface area contributed by atoms with E-state index in [1.165, 1.54) is 4.90 Å². The van der Waals surface area contributed by atoms with Crippen molar-refractivity contribution >= 4 is 23.2 Å². The summed E-state index contributed by atoms with van der Waals surface area (Å²) < 4.78 is 10.8. The van der Waals surface area contributed by atoms with Crippen LogP contribution in [0.15, 0.2) is 24.3 Å². The van der Waals surface area contributed by atoms with E-state index in [1.807, 2.05) is 24.3 Å². The highest BCUT2D eigenvalue weighted by molar-refractivity contribution is 7.80. The van der Waals surface area contributed by atoms with Crippen molar-refractivity contribution < 1.29 is 19.2 Å². The molecular formula is C18H29N4O3S+. The molecule has 1 saturated heterocycles. The maximum absolute atomic E-state index is 12.0. The highest BCUT2D eigenvalue weighted by atomic mass is 32.1. The molecule has 0 radical (unpaired) electrons. The van der Waals surface area contributed by atoms with Crippen LogP contribution in [0.1, 0.15) is 25.8 Å². The lowest BCUT2D eigenvalue weighted by atomic mass is 10.2. The molecule has 2 rings (SSSR count). The first kappa shape index (κ1) is 20.4. The van der Waals surface area contributed by atoms with Gasteiger partial charge in [0.2, 0.25) is 5.91 Å². The van der Waals surface area contributed by atoms with E-state index in [2.05, 4.69) is 30.0 Å². The first-order valence-electron chi connectivity index (χ1n) is 8.91. The van der Waals surface area contributed by atoms with Gasteiger partial charge in [0.05, 0.1) is 20.1 Å². The second-order valence-corrected chi connectivity index (χ2v) is 7.03. The standard InChI is InChI=1S/C18H28N4O3S/c1-13-11-22(12-14(2)25-13)9-8-17(23)20-21-18(26)19-10-15-4-6-16(24-3)7-5-15/h4-7,13-14H,8-12H2,1-3H3,(H,20,23)(H2,19,21,26)/p+1/t13-,14-/m1/s1. The monoisotopic (exact) mass is 381 g/mol. The molecule has 0 aliphatic carbocycles. The number of hydrogen-bond donors (Lipinski definition) is 4. The highest BCUT2D eigenvalue weighted by Crippen LogP contribution is 2.10. The molecule has 1 aromatic rings. The maximum atomic E-state index is 12.0. The Bertz CT molecular complexity index is 587. The second-order valence-electron chi connectivity index (χ2n) is 6.62. The number of rotatable bonds is 6. The van der Waals surface area contributed by atoms with E-state index in [-0.39, 0.29) is 18.1 Å². The van der Waals surface area contributed by atoms with Crippen LogP contribution in [0.5, 0.6) is 5.75 Å². The van der Waals surface area contributed by atoms with Crippen LogP contribution in [-0.4, -0.2) is 50.0 Å². The number of carbonyl (C=O) groups excluding carboxylic acids is 1. The van der Waals surface area contributed by atoms with Crippen molar-refractivity contribution in [1.82, 2.24) is 16.2 Å². The number of morpholine rings is 1. The third kappa shape index (κ3) is 7.15. The van der Waals surface area contributed by atoms with E-state index in [1.54, 1.807) is 7.11 Å². The number of carbonyl (C=O) groups is 1. The third-order valence-corrected chi connectivity index (χ3v) is 4.50. The fourth-order valence-electron chi connectivity index (χ4n) is 3.04. The largest absolute Gasteiger partial charge is 0.497 e. The number of hydrogen-bond acceptors (Lipinski definition) is 4. The van der Waals surface area contributed by atoms with Crippen molar-refractivity contribution in [3.63, 3.8) is 0 Å². The third-order valence-electron chi connectivity index (χ3n) is 4.25. The maximum Gasteiger partial charge on any atom is 0.244 e. The Morgan fingerprint density at radius 1 is 1.23 bits per heavy atom. The van der Waals surface area contributed by atoms with Crippen LogP contribution in [0.3, 0.4) is 0 Å². The van der Waals surface area contributed by atoms with E-state index in [0.717, 1.165) is 30.9 Å². The number of amides is 1. The van der Waals surface area contributed by atoms with Crippen LogP contribution in [0, 0.1) is 0 Å². The van der Waals surface area contributed by atoms with E-state index >= 15 is 0 Å². The average Bonchev–Trinajstić information content (AvgIpc) is 2.62. The van der Waals surface area contributed by atoms with E-state index in [9.17, 15) is 4.79 Å². The van der Waals surface area contributed by atoms with Gasteiger partial charge in [0.15, 0.2) is 5.11 Å². The summed E-state index contributed by atoms with van der Waals surface area (Å²) in [6, 6.07) is 7.70. The summed E-state index contributed by atoms with van der Waals surface area (Å²) >= 11 is 5.18. The van der Waals surface area contributed by atoms with Gasteiger partial charge in [-0.1, -0.05) is 12.1 Å². The summed E-state index contributed by atoms with van der Waals surface area (Å²) in [7, 11) is 1.64. The van der Waals surface area contributed by atoms with Gasteiger partial charge in [-0.15, -0.1) is 0 Å². The first-order chi connectivity index (χ1) is 12.5. The molecule has 1 amide bonds. The number of nitrogens with one attached hydrogen (secondary N) is 4. The van der Waals surface area contributed by atoms with Gasteiger partial charge in [0.1, 0.15) is 31.0 Å². The molecule has 2 atom stereocenters. The van der Waals surface area contributed by atoms with Gasteiger partial charge in [-0.05, 0) is 43.8 Å². The van der Waals surface area contributed by atoms with Crippen LogP contribution in [0.4, 0.5) is 0 Å². The predicted molar refractivity (Wildman–Crippen MR) is 104 cm³/mol. The lowest BCUT2D eigenvalue weighted by Crippen LogP contribution is -3.15. The molecule has 4 N–H and O–H groups in total. The zero-order valence-corrected chi connectivity index (χ0v) is 16.4. The van der Waals surface area contributed by atoms with Crippen molar-refractivity contribution in [3.8, 4) is 5.75 Å². The van der Waals surface area contributed by atoms with Gasteiger partial charge < -0.3 is 19.7 Å². The van der Waals surface area contributed by atoms with Gasteiger partial charge in [-0.2, -0.15) is 0 Å². The van der Waals surface area contributed by atoms with E-state index in [4.69, 9.17) is 21.7 Å². The summed E-state index contributed by atoms with van der Waals surface area (Å²) in [6.07, 6.45) is 0.928. The molecule has 26 heavy (non-hydrogen) atoms. The van der Waals surface area contributed by atoms with E-state index < -0.39 is 0 Å². The number of thiocarbonyl (C=S) groups is 1. The Kier molecular flexibility index (Phi) is 8.08. The second kappa shape index (κ2) is 10.3. The molecule has 7 nitrogen and oxygen atoms in total. The molecular weight excluding hydrogens is 352 g/mol. The summed E-state index contributed by atoms with van der Waals surface area (Å²) in [5.74, 6) is 0.741. The number of methoxy groups -OCH3 is 1. The zero-order valence-electron chi connectivity index (χ0n) is 15.6. The lowest BCUT2D eigenvalue weighted by molar-refractivity contribution is -0.914. The van der Waals surface area contributed by atoms with Crippen molar-refractivity contribution in [2.24, 2.45) is 0 Å². The topological polar surface area (TPSA) is 76.1 Å². The molecule has 1 aromatic carbocycles. The normalized spacial score (nSPS) is 22.3. The van der Waals surface area contributed by atoms with Crippen molar-refractivity contribution in [2.75, 3.05) is 26.7 Å². The Balaban J connectivity index is 1.61. The number of benzene rings is 1. The summed E-state index contributed by atoms with van der Waals surface area (Å²) in [4.78, 5) is 13.4. The molecule has 1 aliphatic rings. The SMILES string of the molecule is COc1ccc(CNC(=S)NNC(=O)CC[NH+]2C[C@@H](C)O[C@H](C)C2)cc1. The van der Waals surface area contributed by atoms with Crippen molar-refractivity contribution in [3.05, 3.63) is 29.8 Å². The smallest absolute Gasteiger partial charge is 0.244 e. The van der Waals surface area contributed by atoms with Gasteiger partial charge >= 0.3 is 0 Å². The molecule has 8 heteroatoms. The molecule has 0 unspecified atom stereocenters. The van der Waals surface area contributed by atoms with Crippen LogP contribution in [0.25, 0.3) is 0 Å². The summed E-state index contributed by atoms with van der Waals surface area (Å²) in [5.41, 5.74) is 6.45. The minimum Gasteiger partial charge on any atom is -0.497 e. The van der Waals surface area contributed by atoms with Crippen molar-refractivity contribution in [1.29, 1.82) is 0 Å². The Labute approximate surface area is 160 Å². The van der Waals surface area contributed by atoms with Gasteiger partial charge in [0.25, 0.3) is 0 Å². The highest BCUT2D eigenvalue weighted by Gasteiger charge is 2.25. The molecule has 0 saturated carbocycles. The van der Waals surface area contributed by atoms with Crippen molar-refractivity contribution in [2.45, 2.75) is 39.0 Å². The fourth-order valence-corrected chi connectivity index (χ4v) is 3.17. The van der Waals surface area contributed by atoms with Gasteiger partial charge in [-0.25, -0.2) is 0 Å². The molecule has 1 aliphatic heterocycles. The Hall–Kier alpha value is -1.90. The summed E-state index contributed by atoms with van der Waals surface area (Å²) in [5, 5.41) is 3.44. The zero-order chi connectivity index (χ0) is 18.9. The van der Waals surface area contributed by atoms with Crippen LogP contribution in [-0.2, 0) is 16.1 Å². The van der Waals surface area contributed by atoms with Crippen LogP contribution in [0.2, 0.25) is 0 Å². The van der Waals surface area contributed by atoms with Crippen LogP contribution >= 0.6 is 12.2 Å². The number of hydrazine groups is 1. The molecule has 144 valence electrons. The molecule has 1 fully saturated rings. The minimum absolute atomic E-state index is 0.0714. The van der Waals surface area contributed by atoms with Gasteiger partial charge in [-0.3, -0.25) is 15.6 Å². The first-order valence-corrected chi connectivity index (χ1v) is 9.31. The fraction of sp³-hybridized carbons (Fsp3) is 0.556. The number of ether oxygens (including phenoxy) is 2. The Morgan fingerprint density at radius 3 is 2.50 bits per heavy atom. The predicted octanol–water partition coefficient (Wildman–Crippen LogP) is -0.227. The summed E-state index contributed by atoms with van der Waals surface area (Å²) in [6.45, 7) is 7.38. The van der Waals surface area contributed by atoms with E-state index in [0.29, 0.717) is 18.1 Å². The molecule has 0 aromatic heterocycles. The lowest BCUT2D eigenvalue weighted by Gasteiger charge is -2.32. The minimum atomic E-state index is -0.0714.